The molecule has 2 aromatic heterocycles. The van der Waals surface area contributed by atoms with Crippen LogP contribution in [0.4, 0.5) is 0 Å². The molecule has 0 atom stereocenters. The molecule has 0 amide bonds. The van der Waals surface area contributed by atoms with Gasteiger partial charge in [-0.15, -0.1) is 11.3 Å². The van der Waals surface area contributed by atoms with Crippen LogP contribution in [-0.2, 0) is 0 Å². The van der Waals surface area contributed by atoms with E-state index in [4.69, 9.17) is 0 Å². The summed E-state index contributed by atoms with van der Waals surface area (Å²) in [5.74, 6) is 0. The van der Waals surface area contributed by atoms with Crippen LogP contribution in [0.5, 0.6) is 0 Å². The van der Waals surface area contributed by atoms with Crippen LogP contribution in [0.3, 0.4) is 0 Å². The molecule has 0 aliphatic rings. The molecule has 2 aromatic rings. The minimum Gasteiger partial charge on any atom is -0.314 e. The zero-order valence-corrected chi connectivity index (χ0v) is 6.90. The molecule has 52 valence electrons. The van der Waals surface area contributed by atoms with Gasteiger partial charge in [-0.25, -0.2) is 0 Å². The first-order chi connectivity index (χ1) is 4.79. The van der Waals surface area contributed by atoms with Crippen LogP contribution in [0, 0.1) is 13.8 Å². The molecule has 0 saturated carbocycles. The Balaban J connectivity index is 2.95. The van der Waals surface area contributed by atoms with Gasteiger partial charge in [0.25, 0.3) is 0 Å². The smallest absolute Gasteiger partial charge is 0.102 e. The van der Waals surface area contributed by atoms with E-state index in [9.17, 15) is 0 Å². The Morgan fingerprint density at radius 2 is 2.20 bits per heavy atom. The zero-order valence-electron chi connectivity index (χ0n) is 6.09. The van der Waals surface area contributed by atoms with Crippen molar-refractivity contribution in [3.8, 4) is 0 Å². The monoisotopic (exact) mass is 151 g/mol. The van der Waals surface area contributed by atoms with Gasteiger partial charge in [-0.1, -0.05) is 0 Å². The van der Waals surface area contributed by atoms with Gasteiger partial charge in [0.05, 0.1) is 0 Å². The van der Waals surface area contributed by atoms with E-state index in [0.717, 1.165) is 0 Å². The van der Waals surface area contributed by atoms with Crippen molar-refractivity contribution < 1.29 is 0 Å². The van der Waals surface area contributed by atoms with E-state index in [1.807, 2.05) is 0 Å². The molecular weight excluding hydrogens is 142 g/mol. The van der Waals surface area contributed by atoms with E-state index >= 15 is 0 Å². The molecule has 0 N–H and O–H groups in total. The Labute approximate surface area is 63.9 Å². The third kappa shape index (κ3) is 0.625. The number of thiazole rings is 1. The van der Waals surface area contributed by atoms with Gasteiger partial charge < -0.3 is 4.40 Å². The predicted octanol–water partition coefficient (Wildman–Crippen LogP) is 2.62. The number of hydrogen-bond acceptors (Lipinski definition) is 1. The molecule has 2 heteroatoms. The molecule has 0 saturated heterocycles. The summed E-state index contributed by atoms with van der Waals surface area (Å²) in [5, 5.41) is 2.11. The van der Waals surface area contributed by atoms with E-state index in [2.05, 4.69) is 36.0 Å². The maximum absolute atomic E-state index is 2.18. The highest BCUT2D eigenvalue weighted by Crippen LogP contribution is 2.20. The zero-order chi connectivity index (χ0) is 7.14. The lowest BCUT2D eigenvalue weighted by Crippen LogP contribution is -1.67. The summed E-state index contributed by atoms with van der Waals surface area (Å²) in [5.41, 5.74) is 2.79. The first-order valence-corrected chi connectivity index (χ1v) is 4.18. The number of hydrogen-bond donors (Lipinski definition) is 0. The van der Waals surface area contributed by atoms with Crippen molar-refractivity contribution in [1.29, 1.82) is 0 Å². The van der Waals surface area contributed by atoms with E-state index in [1.165, 1.54) is 16.0 Å². The van der Waals surface area contributed by atoms with Crippen molar-refractivity contribution in [2.24, 2.45) is 0 Å². The van der Waals surface area contributed by atoms with Crippen molar-refractivity contribution >= 4 is 16.2 Å². The van der Waals surface area contributed by atoms with Gasteiger partial charge in [-0.05, 0) is 25.0 Å². The number of aromatic nitrogens is 1. The fraction of sp³-hybridized carbons (Fsp3) is 0.250. The highest BCUT2D eigenvalue weighted by Gasteiger charge is 2.01. The highest BCUT2D eigenvalue weighted by molar-refractivity contribution is 7.15. The second kappa shape index (κ2) is 1.86. The number of nitrogens with zero attached hydrogens (tertiary/aromatic N) is 1. The number of aryl methyl sites for hydroxylation is 2. The summed E-state index contributed by atoms with van der Waals surface area (Å²) in [6.45, 7) is 4.32. The van der Waals surface area contributed by atoms with Crippen LogP contribution >= 0.6 is 11.3 Å². The second-order valence-electron chi connectivity index (χ2n) is 2.55. The molecular formula is C8H9NS. The Bertz CT molecular complexity index is 356. The summed E-state index contributed by atoms with van der Waals surface area (Å²) in [7, 11) is 0. The van der Waals surface area contributed by atoms with Crippen LogP contribution in [0.25, 0.3) is 4.83 Å². The summed E-state index contributed by atoms with van der Waals surface area (Å²) >= 11 is 1.80. The molecule has 0 aliphatic carbocycles. The van der Waals surface area contributed by atoms with Crippen molar-refractivity contribution in [2.45, 2.75) is 13.8 Å². The van der Waals surface area contributed by atoms with Crippen LogP contribution in [0.2, 0.25) is 0 Å². The van der Waals surface area contributed by atoms with E-state index in [-0.39, 0.29) is 0 Å². The molecule has 0 bridgehead atoms. The van der Waals surface area contributed by atoms with Crippen LogP contribution in [-0.4, -0.2) is 4.40 Å². The highest BCUT2D eigenvalue weighted by atomic mass is 32.1. The fourth-order valence-electron chi connectivity index (χ4n) is 1.15. The minimum absolute atomic E-state index is 1.37. The SMILES string of the molecule is Cc1cn2ccsc2c1C. The Morgan fingerprint density at radius 1 is 1.40 bits per heavy atom. The lowest BCUT2D eigenvalue weighted by atomic mass is 10.2. The van der Waals surface area contributed by atoms with E-state index in [0.29, 0.717) is 0 Å². The van der Waals surface area contributed by atoms with Gasteiger partial charge in [-0.2, -0.15) is 0 Å². The molecule has 2 heterocycles. The average molecular weight is 151 g/mol. The van der Waals surface area contributed by atoms with Crippen molar-refractivity contribution in [2.75, 3.05) is 0 Å². The average Bonchev–Trinajstić information content (AvgIpc) is 2.41. The molecule has 0 spiro atoms. The van der Waals surface area contributed by atoms with Gasteiger partial charge in [0.2, 0.25) is 0 Å². The first-order valence-electron chi connectivity index (χ1n) is 3.30. The fourth-order valence-corrected chi connectivity index (χ4v) is 2.04. The third-order valence-electron chi connectivity index (χ3n) is 1.88. The molecule has 0 radical (unpaired) electrons. The van der Waals surface area contributed by atoms with Gasteiger partial charge in [0.15, 0.2) is 0 Å². The topological polar surface area (TPSA) is 4.41 Å². The summed E-state index contributed by atoms with van der Waals surface area (Å²) in [6.07, 6.45) is 4.27. The van der Waals surface area contributed by atoms with E-state index in [1.54, 1.807) is 11.3 Å². The van der Waals surface area contributed by atoms with Gasteiger partial charge in [-0.3, -0.25) is 0 Å². The lowest BCUT2D eigenvalue weighted by Gasteiger charge is -1.83. The van der Waals surface area contributed by atoms with Gasteiger partial charge in [0, 0.05) is 17.8 Å². The first kappa shape index (κ1) is 5.98. The van der Waals surface area contributed by atoms with Crippen LogP contribution in [0.1, 0.15) is 11.1 Å². The van der Waals surface area contributed by atoms with E-state index < -0.39 is 0 Å². The molecule has 0 aliphatic heterocycles. The van der Waals surface area contributed by atoms with Crippen LogP contribution < -0.4 is 0 Å². The third-order valence-corrected chi connectivity index (χ3v) is 2.88. The number of fused-ring (bicyclic) bond motifs is 1. The molecule has 0 unspecified atom stereocenters. The molecule has 2 rings (SSSR count). The summed E-state index contributed by atoms with van der Waals surface area (Å²) in [4.78, 5) is 1.37. The van der Waals surface area contributed by atoms with Crippen molar-refractivity contribution in [3.63, 3.8) is 0 Å². The van der Waals surface area contributed by atoms with Gasteiger partial charge >= 0.3 is 0 Å². The van der Waals surface area contributed by atoms with Crippen LogP contribution in [0.15, 0.2) is 17.8 Å². The Kier molecular flexibility index (Phi) is 1.11. The maximum atomic E-state index is 2.18. The lowest BCUT2D eigenvalue weighted by molar-refractivity contribution is 1.22. The summed E-state index contributed by atoms with van der Waals surface area (Å²) in [6, 6.07) is 0. The molecule has 0 aromatic carbocycles. The maximum Gasteiger partial charge on any atom is 0.102 e. The normalized spacial score (nSPS) is 11.0. The predicted molar refractivity (Wildman–Crippen MR) is 44.7 cm³/mol. The Morgan fingerprint density at radius 3 is 2.90 bits per heavy atom. The van der Waals surface area contributed by atoms with Crippen molar-refractivity contribution in [3.05, 3.63) is 28.9 Å². The number of rotatable bonds is 0. The van der Waals surface area contributed by atoms with Crippen molar-refractivity contribution in [1.82, 2.24) is 4.40 Å². The van der Waals surface area contributed by atoms with Gasteiger partial charge in [0.1, 0.15) is 4.83 Å². The minimum atomic E-state index is 1.37. The second-order valence-corrected chi connectivity index (χ2v) is 3.45. The standard InChI is InChI=1S/C8H9NS/c1-6-5-9-3-4-10-8(9)7(6)2/h3-5H,1-2H3. The summed E-state index contributed by atoms with van der Waals surface area (Å²) < 4.78 is 2.18. The molecule has 10 heavy (non-hydrogen) atoms. The molecule has 1 nitrogen and oxygen atoms in total. The largest absolute Gasteiger partial charge is 0.314 e. The molecule has 0 fully saturated rings. The Hall–Kier alpha value is -0.760. The quantitative estimate of drug-likeness (QED) is 0.545.